The summed E-state index contributed by atoms with van der Waals surface area (Å²) in [5.41, 5.74) is 2.23. The molecule has 0 amide bonds. The zero-order valence-electron chi connectivity index (χ0n) is 19.9. The largest absolute Gasteiger partial charge is 0.383 e. The van der Waals surface area contributed by atoms with Gasteiger partial charge >= 0.3 is 0 Å². The molecule has 31 heavy (non-hydrogen) atoms. The Morgan fingerprint density at radius 2 is 1.71 bits per heavy atom. The predicted molar refractivity (Wildman–Crippen MR) is 127 cm³/mol. The Kier molecular flexibility index (Phi) is 9.15. The van der Waals surface area contributed by atoms with Crippen LogP contribution in [-0.2, 0) is 21.2 Å². The van der Waals surface area contributed by atoms with Crippen molar-refractivity contribution < 1.29 is 17.5 Å². The van der Waals surface area contributed by atoms with E-state index in [1.807, 2.05) is 19.1 Å². The van der Waals surface area contributed by atoms with E-state index in [-0.39, 0.29) is 18.0 Å². The number of nitrogens with zero attached hydrogens (tertiary/aromatic N) is 1. The fourth-order valence-corrected chi connectivity index (χ4v) is 4.67. The molecule has 0 spiro atoms. The molecule has 1 aromatic rings. The van der Waals surface area contributed by atoms with Crippen LogP contribution >= 0.6 is 0 Å². The monoisotopic (exact) mass is 457 g/mol. The van der Waals surface area contributed by atoms with Gasteiger partial charge in [-0.05, 0) is 66.0 Å². The molecule has 2 atom stereocenters. The lowest BCUT2D eigenvalue weighted by molar-refractivity contribution is -0.00527. The van der Waals surface area contributed by atoms with Gasteiger partial charge in [0.1, 0.15) is 0 Å². The lowest BCUT2D eigenvalue weighted by Crippen LogP contribution is -2.45. The third-order valence-electron chi connectivity index (χ3n) is 5.60. The van der Waals surface area contributed by atoms with E-state index >= 15 is 4.39 Å². The van der Waals surface area contributed by atoms with Crippen molar-refractivity contribution in [3.8, 4) is 0 Å². The van der Waals surface area contributed by atoms with E-state index in [2.05, 4.69) is 28.8 Å². The molecule has 0 aliphatic carbocycles. The minimum atomic E-state index is -3.29. The van der Waals surface area contributed by atoms with E-state index in [9.17, 15) is 8.42 Å². The summed E-state index contributed by atoms with van der Waals surface area (Å²) in [6.07, 6.45) is 3.35. The average molecular weight is 458 g/mol. The Labute approximate surface area is 188 Å². The Balaban J connectivity index is 1.85. The molecule has 0 radical (unpaired) electrons. The number of benzene rings is 1. The average Bonchev–Trinajstić information content (AvgIpc) is 2.66. The second-order valence-electron chi connectivity index (χ2n) is 9.44. The molecule has 1 aromatic carbocycles. The molecule has 178 valence electrons. The van der Waals surface area contributed by atoms with Crippen LogP contribution in [0.4, 0.5) is 15.8 Å². The Hall–Kier alpha value is -1.38. The molecule has 2 N–H and O–H groups in total. The summed E-state index contributed by atoms with van der Waals surface area (Å²) in [7, 11) is -3.29. The summed E-state index contributed by atoms with van der Waals surface area (Å²) in [4.78, 5) is 2.23. The summed E-state index contributed by atoms with van der Waals surface area (Å²) >= 11 is 0. The van der Waals surface area contributed by atoms with Crippen molar-refractivity contribution in [3.05, 3.63) is 23.5 Å². The standard InChI is InChI=1S/C23H40FN3O3S/c1-7-19-21(27-15-17(2)30-18(3)16-27)12-11-20(22(19)24)25-13-9-8-10-14-26-31(28,29)23(4,5)6/h11-12,17-18,25-26H,7-10,13-16H2,1-6H3. The highest BCUT2D eigenvalue weighted by Gasteiger charge is 2.28. The van der Waals surface area contributed by atoms with E-state index in [0.717, 1.165) is 43.6 Å². The van der Waals surface area contributed by atoms with Gasteiger partial charge in [0.25, 0.3) is 0 Å². The predicted octanol–water partition coefficient (Wildman–Crippen LogP) is 4.30. The van der Waals surface area contributed by atoms with Crippen LogP contribution in [0, 0.1) is 5.82 Å². The van der Waals surface area contributed by atoms with Gasteiger partial charge in [0.2, 0.25) is 10.0 Å². The topological polar surface area (TPSA) is 70.7 Å². The number of unbranched alkanes of at least 4 members (excludes halogenated alkanes) is 2. The van der Waals surface area contributed by atoms with Gasteiger partial charge in [0.05, 0.1) is 22.6 Å². The SMILES string of the molecule is CCc1c(N2CC(C)OC(C)C2)ccc(NCCCCCNS(=O)(=O)C(C)(C)C)c1F. The number of nitrogens with one attached hydrogen (secondary N) is 2. The molecule has 0 bridgehead atoms. The molecule has 1 heterocycles. The van der Waals surface area contributed by atoms with Gasteiger partial charge in [-0.25, -0.2) is 17.5 Å². The fourth-order valence-electron chi connectivity index (χ4n) is 3.83. The Morgan fingerprint density at radius 1 is 1.10 bits per heavy atom. The van der Waals surface area contributed by atoms with Crippen LogP contribution in [0.5, 0.6) is 0 Å². The first-order chi connectivity index (χ1) is 14.5. The molecule has 1 fully saturated rings. The van der Waals surface area contributed by atoms with Crippen LogP contribution in [0.1, 0.15) is 66.4 Å². The van der Waals surface area contributed by atoms with E-state index in [1.54, 1.807) is 20.8 Å². The fraction of sp³-hybridized carbons (Fsp3) is 0.739. The molecular weight excluding hydrogens is 417 g/mol. The van der Waals surface area contributed by atoms with Crippen LogP contribution < -0.4 is 14.9 Å². The second kappa shape index (κ2) is 11.0. The van der Waals surface area contributed by atoms with Gasteiger partial charge in [-0.2, -0.15) is 0 Å². The Bertz CT molecular complexity index is 814. The maximum atomic E-state index is 15.2. The highest BCUT2D eigenvalue weighted by molar-refractivity contribution is 7.90. The minimum absolute atomic E-state index is 0.127. The molecule has 0 aromatic heterocycles. The highest BCUT2D eigenvalue weighted by atomic mass is 32.2. The zero-order valence-corrected chi connectivity index (χ0v) is 20.7. The van der Waals surface area contributed by atoms with Gasteiger partial charge < -0.3 is 15.0 Å². The van der Waals surface area contributed by atoms with Crippen LogP contribution in [0.15, 0.2) is 12.1 Å². The van der Waals surface area contributed by atoms with Crippen LogP contribution in [0.3, 0.4) is 0 Å². The van der Waals surface area contributed by atoms with Gasteiger partial charge in [0.15, 0.2) is 5.82 Å². The van der Waals surface area contributed by atoms with E-state index in [0.29, 0.717) is 25.2 Å². The maximum Gasteiger partial charge on any atom is 0.216 e. The lowest BCUT2D eigenvalue weighted by atomic mass is 10.1. The number of rotatable bonds is 10. The molecule has 2 rings (SSSR count). The smallest absolute Gasteiger partial charge is 0.216 e. The van der Waals surface area contributed by atoms with Crippen LogP contribution in [-0.4, -0.2) is 51.6 Å². The van der Waals surface area contributed by atoms with Gasteiger partial charge in [-0.3, -0.25) is 0 Å². The first kappa shape index (κ1) is 25.9. The number of hydrogen-bond donors (Lipinski definition) is 2. The number of ether oxygens (including phenoxy) is 1. The highest BCUT2D eigenvalue weighted by Crippen LogP contribution is 2.31. The number of anilines is 2. The van der Waals surface area contributed by atoms with Crippen molar-refractivity contribution in [2.75, 3.05) is 36.4 Å². The number of hydrogen-bond acceptors (Lipinski definition) is 5. The van der Waals surface area contributed by atoms with Crippen molar-refractivity contribution >= 4 is 21.4 Å². The second-order valence-corrected chi connectivity index (χ2v) is 12.0. The van der Waals surface area contributed by atoms with Crippen LogP contribution in [0.25, 0.3) is 0 Å². The van der Waals surface area contributed by atoms with E-state index in [4.69, 9.17) is 4.74 Å². The molecule has 0 saturated carbocycles. The molecule has 8 heteroatoms. The van der Waals surface area contributed by atoms with Crippen molar-refractivity contribution in [2.24, 2.45) is 0 Å². The minimum Gasteiger partial charge on any atom is -0.383 e. The van der Waals surface area contributed by atoms with Crippen LogP contribution in [0.2, 0.25) is 0 Å². The quantitative estimate of drug-likeness (QED) is 0.513. The Morgan fingerprint density at radius 3 is 2.29 bits per heavy atom. The molecule has 2 unspecified atom stereocenters. The maximum absolute atomic E-state index is 15.2. The summed E-state index contributed by atoms with van der Waals surface area (Å²) in [5.74, 6) is -0.176. The third kappa shape index (κ3) is 7.05. The zero-order chi connectivity index (χ0) is 23.2. The molecule has 6 nitrogen and oxygen atoms in total. The van der Waals surface area contributed by atoms with Crippen molar-refractivity contribution in [1.82, 2.24) is 4.72 Å². The third-order valence-corrected chi connectivity index (χ3v) is 7.80. The summed E-state index contributed by atoms with van der Waals surface area (Å²) in [6.45, 7) is 13.7. The number of morpholine rings is 1. The number of halogens is 1. The van der Waals surface area contributed by atoms with E-state index < -0.39 is 14.8 Å². The molecular formula is C23H40FN3O3S. The normalized spacial score (nSPS) is 20.2. The van der Waals surface area contributed by atoms with E-state index in [1.165, 1.54) is 0 Å². The summed E-state index contributed by atoms with van der Waals surface area (Å²) in [5, 5.41) is 3.21. The van der Waals surface area contributed by atoms with Crippen molar-refractivity contribution in [3.63, 3.8) is 0 Å². The molecule has 1 aliphatic heterocycles. The number of sulfonamides is 1. The molecule has 1 aliphatic rings. The molecule has 1 saturated heterocycles. The summed E-state index contributed by atoms with van der Waals surface area (Å²) in [6, 6.07) is 3.84. The van der Waals surface area contributed by atoms with Gasteiger partial charge in [-0.15, -0.1) is 0 Å². The van der Waals surface area contributed by atoms with Crippen molar-refractivity contribution in [1.29, 1.82) is 0 Å². The summed E-state index contributed by atoms with van der Waals surface area (Å²) < 4.78 is 46.9. The lowest BCUT2D eigenvalue weighted by Gasteiger charge is -2.38. The first-order valence-corrected chi connectivity index (χ1v) is 12.9. The first-order valence-electron chi connectivity index (χ1n) is 11.4. The van der Waals surface area contributed by atoms with Gasteiger partial charge in [0, 0.05) is 37.4 Å². The van der Waals surface area contributed by atoms with Crippen molar-refractivity contribution in [2.45, 2.75) is 84.2 Å². The van der Waals surface area contributed by atoms with Gasteiger partial charge in [-0.1, -0.05) is 13.3 Å².